The Kier molecular flexibility index (Phi) is 2.00. The number of halogens is 3. The molecule has 0 saturated heterocycles. The van der Waals surface area contributed by atoms with Gasteiger partial charge >= 0.3 is 5.51 Å². The predicted molar refractivity (Wildman–Crippen MR) is 23.0 cm³/mol. The van der Waals surface area contributed by atoms with E-state index in [0.717, 1.165) is 0 Å². The van der Waals surface area contributed by atoms with Gasteiger partial charge in [-0.25, -0.2) is 0 Å². The van der Waals surface area contributed by atoms with Gasteiger partial charge in [-0.15, -0.1) is 0 Å². The van der Waals surface area contributed by atoms with Crippen molar-refractivity contribution in [3.63, 3.8) is 0 Å². The van der Waals surface area contributed by atoms with E-state index in [4.69, 9.17) is 0 Å². The molecule has 0 aromatic heterocycles. The molecule has 6 heteroatoms. The van der Waals surface area contributed by atoms with Crippen molar-refractivity contribution in [1.29, 1.82) is 0 Å². The third-order valence-electron chi connectivity index (χ3n) is 0.207. The molecule has 1 atom stereocenters. The molecule has 0 amide bonds. The minimum Gasteiger partial charge on any atom is -0.251 e. The van der Waals surface area contributed by atoms with Gasteiger partial charge in [-0.2, -0.15) is 13.2 Å². The summed E-state index contributed by atoms with van der Waals surface area (Å²) >= 11 is 3.40. The summed E-state index contributed by atoms with van der Waals surface area (Å²) in [4.78, 5) is 0. The first-order valence-corrected chi connectivity index (χ1v) is 3.43. The fourth-order valence-corrected chi connectivity index (χ4v) is 0. The van der Waals surface area contributed by atoms with Gasteiger partial charge < -0.3 is 0 Å². The number of hydrogen-bond acceptors (Lipinski definition) is 2. The molecule has 1 unspecified atom stereocenters. The molecule has 0 aliphatic rings. The minimum atomic E-state index is -4.68. The normalized spacial score (nSPS) is 16.4. The molecule has 0 radical (unpaired) electrons. The number of rotatable bonds is 0. The number of thiol groups is 1. The van der Waals surface area contributed by atoms with Crippen LogP contribution in [0.2, 0.25) is 0 Å². The fourth-order valence-electron chi connectivity index (χ4n) is 0. The summed E-state index contributed by atoms with van der Waals surface area (Å²) in [7, 11) is -3.41. The van der Waals surface area contributed by atoms with Crippen LogP contribution >= 0.6 is 0 Å². The van der Waals surface area contributed by atoms with Crippen LogP contribution in [0.25, 0.3) is 0 Å². The Bertz CT molecular complexity index is 113. The summed E-state index contributed by atoms with van der Waals surface area (Å²) < 4.78 is 41.7. The molecule has 0 saturated carbocycles. The molecule has 0 spiro atoms. The molecular weight excluding hydrogens is 149 g/mol. The molecule has 0 bridgehead atoms. The van der Waals surface area contributed by atoms with Crippen molar-refractivity contribution in [1.82, 2.24) is 0 Å². The summed E-state index contributed by atoms with van der Waals surface area (Å²) in [6.07, 6.45) is 0. The van der Waals surface area contributed by atoms with Crippen LogP contribution in [0.5, 0.6) is 0 Å². The monoisotopic (exact) mass is 150 g/mol. The van der Waals surface area contributed by atoms with Crippen LogP contribution in [0, 0.1) is 0 Å². The van der Waals surface area contributed by atoms with Gasteiger partial charge in [0, 0.05) is 0 Å². The summed E-state index contributed by atoms with van der Waals surface area (Å²) in [6, 6.07) is 0. The van der Waals surface area contributed by atoms with Crippen molar-refractivity contribution >= 4 is 20.5 Å². The van der Waals surface area contributed by atoms with E-state index in [2.05, 4.69) is 11.2 Å². The zero-order valence-electron chi connectivity index (χ0n) is 2.90. The lowest BCUT2D eigenvalue weighted by Gasteiger charge is -1.91. The largest absolute Gasteiger partial charge is 0.470 e. The molecule has 0 heterocycles. The first kappa shape index (κ1) is 7.16. The third-order valence-corrected chi connectivity index (χ3v) is 1.24. The van der Waals surface area contributed by atoms with Crippen molar-refractivity contribution in [3.8, 4) is 0 Å². The summed E-state index contributed by atoms with van der Waals surface area (Å²) in [5, 5.41) is 0. The van der Waals surface area contributed by atoms with E-state index in [-0.39, 0.29) is 0 Å². The maximum absolute atomic E-state index is 10.8. The highest BCUT2D eigenvalue weighted by molar-refractivity contribution is 8.22. The summed E-state index contributed by atoms with van der Waals surface area (Å²) in [5.74, 6) is 0. The minimum absolute atomic E-state index is 3.40. The SMILES string of the molecule is O=[SH](=S)C(F)(F)F. The van der Waals surface area contributed by atoms with Crippen molar-refractivity contribution in [2.24, 2.45) is 0 Å². The zero-order chi connectivity index (χ0) is 6.08. The molecule has 0 aromatic carbocycles. The van der Waals surface area contributed by atoms with Gasteiger partial charge in [0.25, 0.3) is 0 Å². The first-order chi connectivity index (χ1) is 2.94. The Hall–Kier alpha value is 0.160. The van der Waals surface area contributed by atoms with Gasteiger partial charge in [-0.05, 0) is 11.2 Å². The second-order valence-corrected chi connectivity index (χ2v) is 2.74. The van der Waals surface area contributed by atoms with E-state index in [1.54, 1.807) is 0 Å². The van der Waals surface area contributed by atoms with Gasteiger partial charge in [0.05, 0.1) is 0 Å². The van der Waals surface area contributed by atoms with Crippen LogP contribution in [0.4, 0.5) is 13.2 Å². The van der Waals surface area contributed by atoms with Crippen LogP contribution in [-0.2, 0) is 20.5 Å². The lowest BCUT2D eigenvalue weighted by Crippen LogP contribution is -2.06. The molecule has 7 heavy (non-hydrogen) atoms. The second kappa shape index (κ2) is 1.95. The Morgan fingerprint density at radius 3 is 1.57 bits per heavy atom. The second-order valence-electron chi connectivity index (χ2n) is 0.725. The highest BCUT2D eigenvalue weighted by atomic mass is 32.8. The average Bonchev–Trinajstić information content (AvgIpc) is 1.31. The maximum Gasteiger partial charge on any atom is 0.470 e. The quantitative estimate of drug-likeness (QED) is 0.505. The standard InChI is InChI=1S/CHF3OS2/c2-1(3,4)7(5)6/h7H. The van der Waals surface area contributed by atoms with Gasteiger partial charge in [-0.3, -0.25) is 4.21 Å². The van der Waals surface area contributed by atoms with Crippen molar-refractivity contribution in [3.05, 3.63) is 0 Å². The molecule has 1 nitrogen and oxygen atoms in total. The summed E-state index contributed by atoms with van der Waals surface area (Å²) in [6.45, 7) is 0. The Morgan fingerprint density at radius 1 is 1.43 bits per heavy atom. The van der Waals surface area contributed by atoms with Crippen molar-refractivity contribution < 1.29 is 17.4 Å². The van der Waals surface area contributed by atoms with E-state index in [1.807, 2.05) is 0 Å². The van der Waals surface area contributed by atoms with E-state index >= 15 is 0 Å². The fraction of sp³-hybridized carbons (Fsp3) is 1.00. The highest BCUT2D eigenvalue weighted by Gasteiger charge is 2.28. The van der Waals surface area contributed by atoms with Gasteiger partial charge in [0.15, 0.2) is 0 Å². The van der Waals surface area contributed by atoms with Crippen molar-refractivity contribution in [2.75, 3.05) is 0 Å². The molecule has 0 fully saturated rings. The van der Waals surface area contributed by atoms with Crippen LogP contribution < -0.4 is 0 Å². The molecule has 0 aliphatic heterocycles. The maximum atomic E-state index is 10.8. The van der Waals surface area contributed by atoms with Crippen LogP contribution in [0.1, 0.15) is 0 Å². The Morgan fingerprint density at radius 2 is 1.57 bits per heavy atom. The predicted octanol–water partition coefficient (Wildman–Crippen LogP) is 0.449. The number of hydrogen-bond donors (Lipinski definition) is 1. The third kappa shape index (κ3) is 2.81. The van der Waals surface area contributed by atoms with Crippen LogP contribution in [0.15, 0.2) is 0 Å². The van der Waals surface area contributed by atoms with Gasteiger partial charge in [-0.1, -0.05) is 0 Å². The Labute approximate surface area is 44.2 Å². The van der Waals surface area contributed by atoms with E-state index in [0.29, 0.717) is 0 Å². The lowest BCUT2D eigenvalue weighted by molar-refractivity contribution is -0.0358. The zero-order valence-corrected chi connectivity index (χ0v) is 4.61. The molecule has 0 aromatic rings. The topological polar surface area (TPSA) is 17.1 Å². The van der Waals surface area contributed by atoms with Crippen molar-refractivity contribution in [2.45, 2.75) is 5.51 Å². The first-order valence-electron chi connectivity index (χ1n) is 1.16. The number of alkyl halides is 3. The van der Waals surface area contributed by atoms with E-state index < -0.39 is 14.9 Å². The molecular formula is CHF3OS2. The summed E-state index contributed by atoms with van der Waals surface area (Å²) in [5.41, 5.74) is -4.68. The van der Waals surface area contributed by atoms with E-state index in [1.165, 1.54) is 0 Å². The highest BCUT2D eigenvalue weighted by Crippen LogP contribution is 2.14. The molecule has 0 aliphatic carbocycles. The lowest BCUT2D eigenvalue weighted by atomic mass is 11.6. The van der Waals surface area contributed by atoms with E-state index in [9.17, 15) is 17.4 Å². The van der Waals surface area contributed by atoms with Crippen LogP contribution in [0.3, 0.4) is 0 Å². The van der Waals surface area contributed by atoms with Crippen LogP contribution in [-0.4, -0.2) is 9.72 Å². The van der Waals surface area contributed by atoms with Gasteiger partial charge in [0.1, 0.15) is 9.36 Å². The molecule has 44 valence electrons. The Balaban J connectivity index is 4.08. The van der Waals surface area contributed by atoms with Gasteiger partial charge in [0.2, 0.25) is 0 Å². The smallest absolute Gasteiger partial charge is 0.251 e. The molecule has 0 N–H and O–H groups in total. The molecule has 0 rings (SSSR count). The average molecular weight is 150 g/mol.